The second kappa shape index (κ2) is 10.3. The predicted octanol–water partition coefficient (Wildman–Crippen LogP) is 3.58. The SMILES string of the molecule is CCCCC[C@H](O)CC[C@@H]1[C@@H]2[C@H](C[C@H]1O)O/C(=C\CCCC(=O)O)[C@@H]2F. The standard InChI is InChI=1S/C20H33FO5/c1-2-3-4-7-13(22)10-11-14-15(23)12-17-19(14)20(21)16(26-17)8-5-6-9-18(24)25/h8,13-15,17,19-20,22-23H,2-7,9-12H2,1H3,(H,24,25)/b16-8-/t13-,14-,15+,17-,19+,20-/m0/s1. The van der Waals surface area contributed by atoms with Crippen molar-refractivity contribution in [1.29, 1.82) is 0 Å². The van der Waals surface area contributed by atoms with Crippen LogP contribution in [0.3, 0.4) is 0 Å². The topological polar surface area (TPSA) is 87.0 Å². The average Bonchev–Trinajstić information content (AvgIpc) is 3.05. The van der Waals surface area contributed by atoms with Crippen LogP contribution in [0.5, 0.6) is 0 Å². The Morgan fingerprint density at radius 1 is 1.35 bits per heavy atom. The van der Waals surface area contributed by atoms with Gasteiger partial charge in [0, 0.05) is 18.8 Å². The molecule has 0 aromatic heterocycles. The van der Waals surface area contributed by atoms with Gasteiger partial charge in [-0.1, -0.05) is 26.2 Å². The molecule has 0 amide bonds. The third-order valence-corrected chi connectivity index (χ3v) is 5.70. The smallest absolute Gasteiger partial charge is 0.303 e. The number of carbonyl (C=O) groups is 1. The van der Waals surface area contributed by atoms with Gasteiger partial charge in [0.2, 0.25) is 0 Å². The highest BCUT2D eigenvalue weighted by Crippen LogP contribution is 2.48. The number of hydrogen-bond donors (Lipinski definition) is 3. The Hall–Kier alpha value is -1.14. The maximum Gasteiger partial charge on any atom is 0.303 e. The zero-order chi connectivity index (χ0) is 19.1. The Labute approximate surface area is 155 Å². The lowest BCUT2D eigenvalue weighted by atomic mass is 9.85. The summed E-state index contributed by atoms with van der Waals surface area (Å²) in [5, 5.41) is 29.0. The van der Waals surface area contributed by atoms with Crippen molar-refractivity contribution in [3.63, 3.8) is 0 Å². The Morgan fingerprint density at radius 2 is 2.12 bits per heavy atom. The van der Waals surface area contributed by atoms with Crippen molar-refractivity contribution in [2.75, 3.05) is 0 Å². The van der Waals surface area contributed by atoms with Crippen molar-refractivity contribution < 1.29 is 29.2 Å². The van der Waals surface area contributed by atoms with Gasteiger partial charge in [-0.15, -0.1) is 0 Å². The lowest BCUT2D eigenvalue weighted by molar-refractivity contribution is -0.137. The minimum atomic E-state index is -1.25. The molecule has 1 heterocycles. The molecular weight excluding hydrogens is 339 g/mol. The zero-order valence-electron chi connectivity index (χ0n) is 15.6. The molecule has 6 heteroatoms. The van der Waals surface area contributed by atoms with Gasteiger partial charge in [0.15, 0.2) is 6.17 Å². The molecule has 3 N–H and O–H groups in total. The number of ether oxygens (including phenoxy) is 1. The Morgan fingerprint density at radius 3 is 2.81 bits per heavy atom. The quantitative estimate of drug-likeness (QED) is 0.483. The molecule has 0 unspecified atom stereocenters. The van der Waals surface area contributed by atoms with Crippen molar-refractivity contribution in [2.24, 2.45) is 11.8 Å². The first-order valence-electron chi connectivity index (χ1n) is 10.0. The van der Waals surface area contributed by atoms with E-state index in [4.69, 9.17) is 9.84 Å². The van der Waals surface area contributed by atoms with Crippen LogP contribution in [0.15, 0.2) is 11.8 Å². The monoisotopic (exact) mass is 372 g/mol. The zero-order valence-corrected chi connectivity index (χ0v) is 15.6. The number of rotatable bonds is 11. The van der Waals surface area contributed by atoms with E-state index >= 15 is 0 Å². The molecule has 26 heavy (non-hydrogen) atoms. The highest BCUT2D eigenvalue weighted by molar-refractivity contribution is 5.66. The molecule has 2 aliphatic rings. The lowest BCUT2D eigenvalue weighted by Crippen LogP contribution is -2.27. The van der Waals surface area contributed by atoms with Gasteiger partial charge in [0.1, 0.15) is 11.9 Å². The molecule has 1 saturated carbocycles. The molecule has 5 nitrogen and oxygen atoms in total. The summed E-state index contributed by atoms with van der Waals surface area (Å²) in [6.07, 6.45) is 5.70. The van der Waals surface area contributed by atoms with Crippen molar-refractivity contribution in [3.8, 4) is 0 Å². The molecular formula is C20H33FO5. The maximum atomic E-state index is 14.8. The lowest BCUT2D eigenvalue weighted by Gasteiger charge is -2.22. The van der Waals surface area contributed by atoms with Crippen LogP contribution in [0.1, 0.15) is 71.1 Å². The molecule has 1 saturated heterocycles. The first-order valence-corrected chi connectivity index (χ1v) is 10.0. The molecule has 2 rings (SSSR count). The van der Waals surface area contributed by atoms with Crippen LogP contribution in [0, 0.1) is 11.8 Å². The van der Waals surface area contributed by atoms with E-state index < -0.39 is 18.2 Å². The van der Waals surface area contributed by atoms with Crippen LogP contribution >= 0.6 is 0 Å². The molecule has 0 spiro atoms. The van der Waals surface area contributed by atoms with Crippen molar-refractivity contribution >= 4 is 5.97 Å². The third kappa shape index (κ3) is 5.68. The number of aliphatic hydroxyl groups excluding tert-OH is 2. The van der Waals surface area contributed by atoms with Gasteiger partial charge < -0.3 is 20.1 Å². The van der Waals surface area contributed by atoms with E-state index in [0.29, 0.717) is 37.9 Å². The molecule has 0 aromatic carbocycles. The van der Waals surface area contributed by atoms with Crippen LogP contribution in [-0.4, -0.2) is 45.8 Å². The van der Waals surface area contributed by atoms with Gasteiger partial charge >= 0.3 is 5.97 Å². The first kappa shape index (κ1) is 21.2. The number of halogens is 1. The fraction of sp³-hybridized carbons (Fsp3) is 0.850. The molecule has 2 fully saturated rings. The average molecular weight is 372 g/mol. The molecule has 6 atom stereocenters. The largest absolute Gasteiger partial charge is 0.491 e. The van der Waals surface area contributed by atoms with Gasteiger partial charge in [0.25, 0.3) is 0 Å². The summed E-state index contributed by atoms with van der Waals surface area (Å²) in [6.45, 7) is 2.12. The number of carboxylic acids is 1. The van der Waals surface area contributed by atoms with E-state index in [1.165, 1.54) is 0 Å². The van der Waals surface area contributed by atoms with E-state index in [0.717, 1.165) is 25.7 Å². The minimum absolute atomic E-state index is 0.0604. The Bertz CT molecular complexity index is 481. The molecule has 0 radical (unpaired) electrons. The third-order valence-electron chi connectivity index (χ3n) is 5.70. The summed E-state index contributed by atoms with van der Waals surface area (Å²) in [7, 11) is 0. The molecule has 0 aromatic rings. The minimum Gasteiger partial charge on any atom is -0.491 e. The van der Waals surface area contributed by atoms with Gasteiger partial charge in [-0.3, -0.25) is 4.79 Å². The van der Waals surface area contributed by atoms with E-state index in [-0.39, 0.29) is 30.5 Å². The normalized spacial score (nSPS) is 33.2. The molecule has 1 aliphatic heterocycles. The van der Waals surface area contributed by atoms with E-state index in [1.807, 2.05) is 0 Å². The fourth-order valence-electron chi connectivity index (χ4n) is 4.27. The number of alkyl halides is 1. The number of aliphatic carboxylic acids is 1. The summed E-state index contributed by atoms with van der Waals surface area (Å²) >= 11 is 0. The van der Waals surface area contributed by atoms with Crippen LogP contribution in [0.2, 0.25) is 0 Å². The van der Waals surface area contributed by atoms with Gasteiger partial charge in [-0.25, -0.2) is 4.39 Å². The van der Waals surface area contributed by atoms with Gasteiger partial charge in [-0.05, 0) is 44.1 Å². The summed E-state index contributed by atoms with van der Waals surface area (Å²) < 4.78 is 20.5. The number of carboxylic acid groups (broad SMARTS) is 1. The van der Waals surface area contributed by atoms with Crippen LogP contribution < -0.4 is 0 Å². The second-order valence-electron chi connectivity index (χ2n) is 7.72. The number of unbranched alkanes of at least 4 members (excludes halogenated alkanes) is 3. The van der Waals surface area contributed by atoms with Crippen molar-refractivity contribution in [3.05, 3.63) is 11.8 Å². The highest BCUT2D eigenvalue weighted by Gasteiger charge is 2.53. The number of hydrogen-bond acceptors (Lipinski definition) is 4. The summed E-state index contributed by atoms with van der Waals surface area (Å²) in [5.41, 5.74) is 0. The van der Waals surface area contributed by atoms with E-state index in [2.05, 4.69) is 6.92 Å². The molecule has 1 aliphatic carbocycles. The van der Waals surface area contributed by atoms with Gasteiger partial charge in [0.05, 0.1) is 12.2 Å². The maximum absolute atomic E-state index is 14.8. The summed E-state index contributed by atoms with van der Waals surface area (Å²) in [4.78, 5) is 10.5. The Kier molecular flexibility index (Phi) is 8.35. The van der Waals surface area contributed by atoms with Crippen molar-refractivity contribution in [1.82, 2.24) is 0 Å². The molecule has 150 valence electrons. The van der Waals surface area contributed by atoms with Crippen LogP contribution in [0.4, 0.5) is 4.39 Å². The summed E-state index contributed by atoms with van der Waals surface area (Å²) in [6, 6.07) is 0. The molecule has 0 bridgehead atoms. The van der Waals surface area contributed by atoms with Crippen LogP contribution in [0.25, 0.3) is 0 Å². The van der Waals surface area contributed by atoms with Crippen molar-refractivity contribution in [2.45, 2.75) is 95.6 Å². The second-order valence-corrected chi connectivity index (χ2v) is 7.72. The highest BCUT2D eigenvalue weighted by atomic mass is 19.1. The Balaban J connectivity index is 1.84. The number of aliphatic hydroxyl groups is 2. The van der Waals surface area contributed by atoms with Gasteiger partial charge in [-0.2, -0.15) is 0 Å². The number of allylic oxidation sites excluding steroid dienone is 2. The fourth-order valence-corrected chi connectivity index (χ4v) is 4.27. The summed E-state index contributed by atoms with van der Waals surface area (Å²) in [5.74, 6) is -1.12. The van der Waals surface area contributed by atoms with Crippen LogP contribution in [-0.2, 0) is 9.53 Å². The first-order chi connectivity index (χ1) is 12.4. The van der Waals surface area contributed by atoms with E-state index in [9.17, 15) is 19.4 Å². The predicted molar refractivity (Wildman–Crippen MR) is 96.3 cm³/mol. The van der Waals surface area contributed by atoms with E-state index in [1.54, 1.807) is 6.08 Å². The number of fused-ring (bicyclic) bond motifs is 1.